The highest BCUT2D eigenvalue weighted by molar-refractivity contribution is 5.58. The van der Waals surface area contributed by atoms with Crippen LogP contribution in [-0.2, 0) is 0 Å². The minimum absolute atomic E-state index is 0.381. The van der Waals surface area contributed by atoms with E-state index in [1.165, 1.54) is 0 Å². The van der Waals surface area contributed by atoms with Crippen molar-refractivity contribution < 1.29 is 14.2 Å². The van der Waals surface area contributed by atoms with Crippen molar-refractivity contribution in [2.24, 2.45) is 0 Å². The third-order valence-electron chi connectivity index (χ3n) is 2.75. The molecule has 0 bridgehead atoms. The fourth-order valence-electron chi connectivity index (χ4n) is 1.65. The Labute approximate surface area is 117 Å². The normalized spacial score (nSPS) is 9.65. The van der Waals surface area contributed by atoms with Gasteiger partial charge in [0.2, 0.25) is 0 Å². The first-order valence-corrected chi connectivity index (χ1v) is 5.87. The summed E-state index contributed by atoms with van der Waals surface area (Å²) in [5.41, 5.74) is 6.71. The molecule has 2 aromatic rings. The molecule has 102 valence electrons. The lowest BCUT2D eigenvalue weighted by Crippen LogP contribution is -1.95. The fraction of sp³-hybridized carbons (Fsp3) is 0.133. The van der Waals surface area contributed by atoms with Crippen LogP contribution in [0.4, 0.5) is 5.69 Å². The molecule has 0 saturated carbocycles. The molecule has 0 radical (unpaired) electrons. The van der Waals surface area contributed by atoms with Gasteiger partial charge in [-0.05, 0) is 24.3 Å². The van der Waals surface area contributed by atoms with Gasteiger partial charge < -0.3 is 19.9 Å². The summed E-state index contributed by atoms with van der Waals surface area (Å²) in [6.45, 7) is 0. The third kappa shape index (κ3) is 2.75. The number of nitrogens with two attached hydrogens (primary N) is 1. The van der Waals surface area contributed by atoms with Gasteiger partial charge in [0.15, 0.2) is 5.75 Å². The Kier molecular flexibility index (Phi) is 3.96. The van der Waals surface area contributed by atoms with Crippen LogP contribution in [0.15, 0.2) is 36.4 Å². The molecule has 0 atom stereocenters. The van der Waals surface area contributed by atoms with Gasteiger partial charge in [-0.25, -0.2) is 0 Å². The number of anilines is 1. The number of ether oxygens (including phenoxy) is 3. The first-order chi connectivity index (χ1) is 9.67. The molecule has 0 aliphatic rings. The highest BCUT2D eigenvalue weighted by Crippen LogP contribution is 2.34. The number of nitrogens with zero attached hydrogens (tertiary/aromatic N) is 1. The number of rotatable bonds is 4. The van der Waals surface area contributed by atoms with E-state index in [0.717, 1.165) is 0 Å². The number of nitriles is 1. The lowest BCUT2D eigenvalue weighted by molar-refractivity contribution is 0.404. The maximum Gasteiger partial charge on any atom is 0.154 e. The molecule has 0 aromatic heterocycles. The number of methoxy groups -OCH3 is 2. The number of hydrogen-bond donors (Lipinski definition) is 1. The molecule has 0 saturated heterocycles. The SMILES string of the molecule is COc1ccc(N)c(Oc2cc(OC)ccc2C#N)c1. The Bertz CT molecular complexity index is 663. The maximum atomic E-state index is 9.10. The molecule has 2 N–H and O–H groups in total. The topological polar surface area (TPSA) is 77.5 Å². The van der Waals surface area contributed by atoms with Crippen LogP contribution in [0, 0.1) is 11.3 Å². The number of nitrogen functional groups attached to an aromatic ring is 1. The van der Waals surface area contributed by atoms with Crippen molar-refractivity contribution in [3.63, 3.8) is 0 Å². The van der Waals surface area contributed by atoms with E-state index in [1.807, 2.05) is 0 Å². The van der Waals surface area contributed by atoms with Crippen LogP contribution >= 0.6 is 0 Å². The molecule has 0 spiro atoms. The van der Waals surface area contributed by atoms with Gasteiger partial charge in [-0.15, -0.1) is 0 Å². The number of benzene rings is 2. The van der Waals surface area contributed by atoms with E-state index < -0.39 is 0 Å². The van der Waals surface area contributed by atoms with Crippen molar-refractivity contribution in [1.82, 2.24) is 0 Å². The highest BCUT2D eigenvalue weighted by atomic mass is 16.5. The Hall–Kier alpha value is -2.87. The van der Waals surface area contributed by atoms with Gasteiger partial charge in [0.05, 0.1) is 25.5 Å². The molecule has 0 unspecified atom stereocenters. The van der Waals surface area contributed by atoms with E-state index in [4.69, 9.17) is 25.2 Å². The van der Waals surface area contributed by atoms with Crippen molar-refractivity contribution >= 4 is 5.69 Å². The second-order valence-corrected chi connectivity index (χ2v) is 3.98. The fourth-order valence-corrected chi connectivity index (χ4v) is 1.65. The van der Waals surface area contributed by atoms with Gasteiger partial charge in [-0.3, -0.25) is 0 Å². The molecular formula is C15H14N2O3. The number of hydrogen-bond acceptors (Lipinski definition) is 5. The van der Waals surface area contributed by atoms with E-state index in [9.17, 15) is 0 Å². The van der Waals surface area contributed by atoms with Gasteiger partial charge in [-0.1, -0.05) is 0 Å². The molecule has 0 aliphatic heterocycles. The summed E-state index contributed by atoms with van der Waals surface area (Å²) in [6.07, 6.45) is 0. The Morgan fingerprint density at radius 1 is 0.950 bits per heavy atom. The second kappa shape index (κ2) is 5.85. The summed E-state index contributed by atoms with van der Waals surface area (Å²) in [5, 5.41) is 9.10. The minimum Gasteiger partial charge on any atom is -0.497 e. The lowest BCUT2D eigenvalue weighted by Gasteiger charge is -2.12. The Balaban J connectivity index is 2.41. The highest BCUT2D eigenvalue weighted by Gasteiger charge is 2.10. The molecule has 2 rings (SSSR count). The van der Waals surface area contributed by atoms with Crippen molar-refractivity contribution in [2.75, 3.05) is 20.0 Å². The van der Waals surface area contributed by atoms with Crippen molar-refractivity contribution in [1.29, 1.82) is 5.26 Å². The molecule has 20 heavy (non-hydrogen) atoms. The van der Waals surface area contributed by atoms with Crippen LogP contribution in [0.5, 0.6) is 23.0 Å². The standard InChI is InChI=1S/C15H14N2O3/c1-18-11-4-3-10(9-16)14(7-11)20-15-8-12(19-2)5-6-13(15)17/h3-8H,17H2,1-2H3. The lowest BCUT2D eigenvalue weighted by atomic mass is 10.2. The second-order valence-electron chi connectivity index (χ2n) is 3.98. The summed E-state index contributed by atoms with van der Waals surface area (Å²) in [5.74, 6) is 2.02. The predicted molar refractivity (Wildman–Crippen MR) is 75.2 cm³/mol. The summed E-state index contributed by atoms with van der Waals surface area (Å²) in [7, 11) is 3.10. The predicted octanol–water partition coefficient (Wildman–Crippen LogP) is 2.95. The van der Waals surface area contributed by atoms with Crippen LogP contribution in [0.25, 0.3) is 0 Å². The zero-order valence-corrected chi connectivity index (χ0v) is 11.2. The average molecular weight is 270 g/mol. The zero-order valence-electron chi connectivity index (χ0n) is 11.2. The van der Waals surface area contributed by atoms with Crippen LogP contribution in [0.3, 0.4) is 0 Å². The van der Waals surface area contributed by atoms with E-state index in [1.54, 1.807) is 50.6 Å². The van der Waals surface area contributed by atoms with Gasteiger partial charge in [-0.2, -0.15) is 5.26 Å². The van der Waals surface area contributed by atoms with E-state index in [2.05, 4.69) is 6.07 Å². The van der Waals surface area contributed by atoms with E-state index in [-0.39, 0.29) is 0 Å². The van der Waals surface area contributed by atoms with E-state index in [0.29, 0.717) is 34.2 Å². The van der Waals surface area contributed by atoms with Crippen LogP contribution in [0.1, 0.15) is 5.56 Å². The molecule has 2 aromatic carbocycles. The minimum atomic E-state index is 0.381. The maximum absolute atomic E-state index is 9.10. The zero-order chi connectivity index (χ0) is 14.5. The monoisotopic (exact) mass is 270 g/mol. The quantitative estimate of drug-likeness (QED) is 0.864. The van der Waals surface area contributed by atoms with Gasteiger partial charge >= 0.3 is 0 Å². The molecular weight excluding hydrogens is 256 g/mol. The summed E-state index contributed by atoms with van der Waals surface area (Å²) < 4.78 is 16.0. The Morgan fingerprint density at radius 2 is 1.55 bits per heavy atom. The molecule has 0 heterocycles. The largest absolute Gasteiger partial charge is 0.497 e. The van der Waals surface area contributed by atoms with Crippen molar-refractivity contribution in [2.45, 2.75) is 0 Å². The van der Waals surface area contributed by atoms with Crippen molar-refractivity contribution in [3.05, 3.63) is 42.0 Å². The van der Waals surface area contributed by atoms with Crippen LogP contribution in [0.2, 0.25) is 0 Å². The molecule has 0 amide bonds. The van der Waals surface area contributed by atoms with Crippen molar-refractivity contribution in [3.8, 4) is 29.1 Å². The molecule has 0 fully saturated rings. The van der Waals surface area contributed by atoms with E-state index >= 15 is 0 Å². The van der Waals surface area contributed by atoms with Crippen LogP contribution in [-0.4, -0.2) is 14.2 Å². The smallest absolute Gasteiger partial charge is 0.154 e. The van der Waals surface area contributed by atoms with Crippen LogP contribution < -0.4 is 19.9 Å². The van der Waals surface area contributed by atoms with Gasteiger partial charge in [0, 0.05) is 12.1 Å². The first-order valence-electron chi connectivity index (χ1n) is 5.87. The summed E-state index contributed by atoms with van der Waals surface area (Å²) in [4.78, 5) is 0. The summed E-state index contributed by atoms with van der Waals surface area (Å²) >= 11 is 0. The molecule has 5 heteroatoms. The van der Waals surface area contributed by atoms with Gasteiger partial charge in [0.1, 0.15) is 23.3 Å². The molecule has 5 nitrogen and oxygen atoms in total. The third-order valence-corrected chi connectivity index (χ3v) is 2.75. The van der Waals surface area contributed by atoms with Gasteiger partial charge in [0.25, 0.3) is 0 Å². The average Bonchev–Trinajstić information content (AvgIpc) is 2.49. The molecule has 0 aliphatic carbocycles. The Morgan fingerprint density at radius 3 is 2.15 bits per heavy atom. The summed E-state index contributed by atoms with van der Waals surface area (Å²) in [6, 6.07) is 12.1. The first kappa shape index (κ1) is 13.6.